The highest BCUT2D eigenvalue weighted by Gasteiger charge is 2.02. The van der Waals surface area contributed by atoms with Crippen LogP contribution in [0.2, 0.25) is 0 Å². The Morgan fingerprint density at radius 1 is 1.47 bits per heavy atom. The quantitative estimate of drug-likeness (QED) is 0.569. The number of esters is 1. The Bertz CT molecular complexity index is 518. The number of rotatable bonds is 2. The van der Waals surface area contributed by atoms with E-state index in [9.17, 15) is 4.79 Å². The Morgan fingerprint density at radius 2 is 2.24 bits per heavy atom. The predicted octanol–water partition coefficient (Wildman–Crippen LogP) is 1.48. The Labute approximate surface area is 99.8 Å². The zero-order valence-electron chi connectivity index (χ0n) is 9.61. The molecule has 0 unspecified atom stereocenters. The first-order valence-corrected chi connectivity index (χ1v) is 4.98. The number of hydrogen-bond acceptors (Lipinski definition) is 4. The highest BCUT2D eigenvalue weighted by molar-refractivity contribution is 5.89. The van der Waals surface area contributed by atoms with E-state index in [-0.39, 0.29) is 6.61 Å². The second kappa shape index (κ2) is 6.19. The molecule has 0 aliphatic rings. The van der Waals surface area contributed by atoms with E-state index in [1.807, 2.05) is 6.07 Å². The molecule has 0 aliphatic heterocycles. The van der Waals surface area contributed by atoms with Gasteiger partial charge >= 0.3 is 5.97 Å². The molecule has 0 radical (unpaired) electrons. The van der Waals surface area contributed by atoms with Crippen LogP contribution in [-0.4, -0.2) is 19.7 Å². The minimum atomic E-state index is -0.600. The maximum Gasteiger partial charge on any atom is 0.384 e. The van der Waals surface area contributed by atoms with Crippen LogP contribution in [0.5, 0.6) is 5.75 Å². The van der Waals surface area contributed by atoms with Crippen molar-refractivity contribution in [1.29, 1.82) is 5.26 Å². The van der Waals surface area contributed by atoms with Gasteiger partial charge in [-0.15, -0.1) is 0 Å². The summed E-state index contributed by atoms with van der Waals surface area (Å²) in [7, 11) is 1.50. The van der Waals surface area contributed by atoms with Crippen molar-refractivity contribution in [1.82, 2.24) is 0 Å². The van der Waals surface area contributed by atoms with Crippen LogP contribution in [0.4, 0.5) is 0 Å². The number of benzene rings is 1. The third-order valence-electron chi connectivity index (χ3n) is 1.90. The molecule has 0 fully saturated rings. The molecule has 0 spiro atoms. The van der Waals surface area contributed by atoms with Crippen LogP contribution in [-0.2, 0) is 9.53 Å². The number of nitriles is 1. The van der Waals surface area contributed by atoms with E-state index >= 15 is 0 Å². The molecule has 0 aromatic heterocycles. The van der Waals surface area contributed by atoms with Gasteiger partial charge in [-0.25, -0.2) is 4.79 Å². The molecular formula is C13H11NO3. The number of carbonyl (C=O) groups is 1. The summed E-state index contributed by atoms with van der Waals surface area (Å²) in [6.07, 6.45) is 0. The van der Waals surface area contributed by atoms with Crippen molar-refractivity contribution >= 4 is 5.97 Å². The van der Waals surface area contributed by atoms with Crippen molar-refractivity contribution in [3.63, 3.8) is 0 Å². The summed E-state index contributed by atoms with van der Waals surface area (Å²) in [5, 5.41) is 8.76. The zero-order chi connectivity index (χ0) is 12.7. The molecule has 0 aliphatic carbocycles. The summed E-state index contributed by atoms with van der Waals surface area (Å²) in [6.45, 7) is 1.99. The lowest BCUT2D eigenvalue weighted by Gasteiger charge is -2.02. The van der Waals surface area contributed by atoms with E-state index in [2.05, 4.69) is 16.6 Å². The van der Waals surface area contributed by atoms with E-state index in [1.165, 1.54) is 7.11 Å². The van der Waals surface area contributed by atoms with Crippen molar-refractivity contribution in [2.24, 2.45) is 0 Å². The maximum absolute atomic E-state index is 11.1. The topological polar surface area (TPSA) is 59.3 Å². The number of nitrogens with zero attached hydrogens (tertiary/aromatic N) is 1. The van der Waals surface area contributed by atoms with Crippen molar-refractivity contribution in [2.45, 2.75) is 6.92 Å². The largest absolute Gasteiger partial charge is 0.495 e. The van der Waals surface area contributed by atoms with Crippen molar-refractivity contribution in [2.75, 3.05) is 13.7 Å². The molecule has 4 nitrogen and oxygen atoms in total. The van der Waals surface area contributed by atoms with Gasteiger partial charge in [0, 0.05) is 5.92 Å². The van der Waals surface area contributed by atoms with Crippen LogP contribution >= 0.6 is 0 Å². The summed E-state index contributed by atoms with van der Waals surface area (Å²) in [5.74, 6) is 4.86. The second-order valence-electron chi connectivity index (χ2n) is 3.00. The standard InChI is InChI=1S/C13H11NO3/c1-3-17-13(15)7-5-11-8-10(9-14)4-6-12(11)16-2/h4,6,8H,3H2,1-2H3. The SMILES string of the molecule is CCOC(=O)C#Cc1cc(C#N)ccc1OC. The molecule has 1 rings (SSSR count). The number of hydrogen-bond donors (Lipinski definition) is 0. The fourth-order valence-corrected chi connectivity index (χ4v) is 1.16. The molecule has 0 bridgehead atoms. The molecule has 0 atom stereocenters. The molecule has 0 heterocycles. The van der Waals surface area contributed by atoms with Crippen LogP contribution in [0.15, 0.2) is 18.2 Å². The highest BCUT2D eigenvalue weighted by Crippen LogP contribution is 2.18. The Morgan fingerprint density at radius 3 is 2.82 bits per heavy atom. The molecule has 0 saturated heterocycles. The van der Waals surface area contributed by atoms with Gasteiger partial charge in [-0.05, 0) is 25.1 Å². The summed E-state index contributed by atoms with van der Waals surface area (Å²) >= 11 is 0. The molecular weight excluding hydrogens is 218 g/mol. The fourth-order valence-electron chi connectivity index (χ4n) is 1.16. The first kappa shape index (κ1) is 12.6. The van der Waals surface area contributed by atoms with Crippen LogP contribution in [0.25, 0.3) is 0 Å². The normalized spacial score (nSPS) is 8.53. The van der Waals surface area contributed by atoms with Crippen LogP contribution in [0.1, 0.15) is 18.1 Å². The number of ether oxygens (including phenoxy) is 2. The lowest BCUT2D eigenvalue weighted by atomic mass is 10.1. The number of carbonyl (C=O) groups excluding carboxylic acids is 1. The second-order valence-corrected chi connectivity index (χ2v) is 3.00. The molecule has 0 N–H and O–H groups in total. The van der Waals surface area contributed by atoms with Crippen molar-refractivity contribution in [3.8, 4) is 23.7 Å². The lowest BCUT2D eigenvalue weighted by molar-refractivity contribution is -0.136. The summed E-state index contributed by atoms with van der Waals surface area (Å²) in [6, 6.07) is 6.80. The van der Waals surface area contributed by atoms with Gasteiger partial charge in [0.05, 0.1) is 30.9 Å². The average Bonchev–Trinajstić information content (AvgIpc) is 2.36. The molecule has 1 aromatic rings. The molecule has 0 saturated carbocycles. The fraction of sp³-hybridized carbons (Fsp3) is 0.231. The Hall–Kier alpha value is -2.46. The smallest absolute Gasteiger partial charge is 0.384 e. The molecule has 0 amide bonds. The monoisotopic (exact) mass is 229 g/mol. The lowest BCUT2D eigenvalue weighted by Crippen LogP contribution is -1.99. The predicted molar refractivity (Wildman–Crippen MR) is 61.2 cm³/mol. The minimum absolute atomic E-state index is 0.281. The molecule has 1 aromatic carbocycles. The maximum atomic E-state index is 11.1. The van der Waals surface area contributed by atoms with E-state index in [1.54, 1.807) is 25.1 Å². The molecule has 4 heteroatoms. The van der Waals surface area contributed by atoms with Gasteiger partial charge in [-0.1, -0.05) is 5.92 Å². The van der Waals surface area contributed by atoms with Crippen molar-refractivity contribution < 1.29 is 14.3 Å². The first-order valence-electron chi connectivity index (χ1n) is 4.98. The van der Waals surface area contributed by atoms with Gasteiger partial charge in [0.15, 0.2) is 0 Å². The van der Waals surface area contributed by atoms with Gasteiger partial charge in [0.1, 0.15) is 5.75 Å². The van der Waals surface area contributed by atoms with E-state index in [0.717, 1.165) is 0 Å². The zero-order valence-corrected chi connectivity index (χ0v) is 9.61. The van der Waals surface area contributed by atoms with E-state index < -0.39 is 5.97 Å². The number of methoxy groups -OCH3 is 1. The Balaban J connectivity index is 3.03. The summed E-state index contributed by atoms with van der Waals surface area (Å²) < 4.78 is 9.75. The first-order chi connectivity index (χ1) is 8.21. The third kappa shape index (κ3) is 3.55. The van der Waals surface area contributed by atoms with Gasteiger partial charge in [0.2, 0.25) is 0 Å². The summed E-state index contributed by atoms with van der Waals surface area (Å²) in [4.78, 5) is 11.1. The average molecular weight is 229 g/mol. The highest BCUT2D eigenvalue weighted by atomic mass is 16.5. The minimum Gasteiger partial charge on any atom is -0.495 e. The molecule has 17 heavy (non-hydrogen) atoms. The van der Waals surface area contributed by atoms with Gasteiger partial charge in [-0.3, -0.25) is 0 Å². The van der Waals surface area contributed by atoms with Crippen LogP contribution in [0.3, 0.4) is 0 Å². The summed E-state index contributed by atoms with van der Waals surface area (Å²) in [5.41, 5.74) is 0.943. The Kier molecular flexibility index (Phi) is 4.59. The van der Waals surface area contributed by atoms with Crippen LogP contribution in [0, 0.1) is 23.2 Å². The van der Waals surface area contributed by atoms with Crippen molar-refractivity contribution in [3.05, 3.63) is 29.3 Å². The van der Waals surface area contributed by atoms with E-state index in [0.29, 0.717) is 16.9 Å². The molecule has 86 valence electrons. The van der Waals surface area contributed by atoms with E-state index in [4.69, 9.17) is 10.00 Å². The third-order valence-corrected chi connectivity index (χ3v) is 1.90. The van der Waals surface area contributed by atoms with Crippen LogP contribution < -0.4 is 4.74 Å². The van der Waals surface area contributed by atoms with Gasteiger partial charge in [0.25, 0.3) is 0 Å². The van der Waals surface area contributed by atoms with Gasteiger partial charge < -0.3 is 9.47 Å². The van der Waals surface area contributed by atoms with Gasteiger partial charge in [-0.2, -0.15) is 5.26 Å².